The highest BCUT2D eigenvalue weighted by Crippen LogP contribution is 2.32. The van der Waals surface area contributed by atoms with Gasteiger partial charge in [0, 0.05) is 18.3 Å². The summed E-state index contributed by atoms with van der Waals surface area (Å²) in [5, 5.41) is 3.09. The van der Waals surface area contributed by atoms with Gasteiger partial charge in [0.15, 0.2) is 5.03 Å². The van der Waals surface area contributed by atoms with Gasteiger partial charge < -0.3 is 5.32 Å². The summed E-state index contributed by atoms with van der Waals surface area (Å²) in [6.45, 7) is 2.61. The van der Waals surface area contributed by atoms with Crippen molar-refractivity contribution in [2.45, 2.75) is 43.3 Å². The topological polar surface area (TPSA) is 71.1 Å². The summed E-state index contributed by atoms with van der Waals surface area (Å²) >= 11 is 0. The lowest BCUT2D eigenvalue weighted by atomic mass is 9.80. The predicted octanol–water partition coefficient (Wildman–Crippen LogP) is 1.02. The molecule has 0 aliphatic heterocycles. The van der Waals surface area contributed by atoms with Gasteiger partial charge in [-0.3, -0.25) is 0 Å². The average Bonchev–Trinajstić information content (AvgIpc) is 2.28. The summed E-state index contributed by atoms with van der Waals surface area (Å²) in [5.41, 5.74) is 0.677. The Kier molecular flexibility index (Phi) is 3.70. The molecule has 0 spiro atoms. The van der Waals surface area contributed by atoms with Gasteiger partial charge in [0.25, 0.3) is 10.0 Å². The molecule has 18 heavy (non-hydrogen) atoms. The van der Waals surface area contributed by atoms with Crippen LogP contribution in [0.4, 0.5) is 0 Å². The van der Waals surface area contributed by atoms with Gasteiger partial charge in [-0.05, 0) is 44.9 Å². The molecule has 0 unspecified atom stereocenters. The normalized spacial score (nSPS) is 18.3. The molecule has 0 saturated heterocycles. The highest BCUT2D eigenvalue weighted by Gasteiger charge is 2.36. The first kappa shape index (κ1) is 13.5. The zero-order chi connectivity index (χ0) is 13.2. The second kappa shape index (κ2) is 4.95. The summed E-state index contributed by atoms with van der Waals surface area (Å²) in [4.78, 5) is 4.02. The number of rotatable bonds is 5. The molecule has 2 rings (SSSR count). The van der Waals surface area contributed by atoms with E-state index in [4.69, 9.17) is 0 Å². The van der Waals surface area contributed by atoms with Gasteiger partial charge in [-0.15, -0.1) is 0 Å². The van der Waals surface area contributed by atoms with Gasteiger partial charge in [-0.25, -0.2) is 18.1 Å². The Morgan fingerprint density at radius 1 is 1.39 bits per heavy atom. The van der Waals surface area contributed by atoms with E-state index in [0.29, 0.717) is 6.54 Å². The highest BCUT2D eigenvalue weighted by molar-refractivity contribution is 7.89. The van der Waals surface area contributed by atoms with Crippen molar-refractivity contribution in [3.05, 3.63) is 23.9 Å². The largest absolute Gasteiger partial charge is 0.316 e. The molecular formula is C12H19N3O2S. The minimum atomic E-state index is -3.49. The van der Waals surface area contributed by atoms with E-state index in [-0.39, 0.29) is 10.6 Å². The molecule has 1 aliphatic rings. The first-order chi connectivity index (χ1) is 8.45. The summed E-state index contributed by atoms with van der Waals surface area (Å²) in [6, 6.07) is 3.33. The van der Waals surface area contributed by atoms with E-state index in [1.165, 1.54) is 0 Å². The van der Waals surface area contributed by atoms with E-state index < -0.39 is 10.0 Å². The van der Waals surface area contributed by atoms with Crippen LogP contribution in [0, 0.1) is 0 Å². The fraction of sp³-hybridized carbons (Fsp3) is 0.583. The van der Waals surface area contributed by atoms with Gasteiger partial charge in [0.2, 0.25) is 0 Å². The van der Waals surface area contributed by atoms with Crippen LogP contribution in [0.5, 0.6) is 0 Å². The Morgan fingerprint density at radius 2 is 2.11 bits per heavy atom. The lowest BCUT2D eigenvalue weighted by molar-refractivity contribution is 0.247. The third kappa shape index (κ3) is 2.88. The molecule has 1 heterocycles. The maximum atomic E-state index is 12.1. The summed E-state index contributed by atoms with van der Waals surface area (Å²) < 4.78 is 27.0. The average molecular weight is 269 g/mol. The molecule has 1 aliphatic carbocycles. The van der Waals surface area contributed by atoms with Gasteiger partial charge in [-0.2, -0.15) is 0 Å². The van der Waals surface area contributed by atoms with Crippen molar-refractivity contribution >= 4 is 10.0 Å². The molecule has 1 aromatic rings. The molecule has 1 fully saturated rings. The van der Waals surface area contributed by atoms with Crippen molar-refractivity contribution in [3.63, 3.8) is 0 Å². The Morgan fingerprint density at radius 3 is 2.56 bits per heavy atom. The first-order valence-corrected chi connectivity index (χ1v) is 7.57. The van der Waals surface area contributed by atoms with Gasteiger partial charge in [0.05, 0.1) is 0 Å². The molecular weight excluding hydrogens is 250 g/mol. The smallest absolute Gasteiger partial charge is 0.258 e. The monoisotopic (exact) mass is 269 g/mol. The second-order valence-electron chi connectivity index (χ2n) is 5.05. The van der Waals surface area contributed by atoms with E-state index >= 15 is 0 Å². The molecule has 0 bridgehead atoms. The van der Waals surface area contributed by atoms with E-state index in [2.05, 4.69) is 15.0 Å². The standard InChI is InChI=1S/C12H19N3O2S/c1-12(6-3-7-12)15-18(16,17)11-5-4-10(8-13-2)9-14-11/h4-5,9,13,15H,3,6-8H2,1-2H3. The van der Waals surface area contributed by atoms with Gasteiger partial charge >= 0.3 is 0 Å². The molecule has 5 nitrogen and oxygen atoms in total. The molecule has 1 aromatic heterocycles. The number of hydrogen-bond acceptors (Lipinski definition) is 4. The summed E-state index contributed by atoms with van der Waals surface area (Å²) in [6.07, 6.45) is 4.45. The summed E-state index contributed by atoms with van der Waals surface area (Å²) in [7, 11) is -1.66. The Hall–Kier alpha value is -0.980. The minimum Gasteiger partial charge on any atom is -0.316 e. The molecule has 1 saturated carbocycles. The Bertz CT molecular complexity index is 507. The number of aromatic nitrogens is 1. The van der Waals surface area contributed by atoms with Crippen LogP contribution < -0.4 is 10.0 Å². The quantitative estimate of drug-likeness (QED) is 0.837. The molecule has 0 aromatic carbocycles. The number of nitrogens with one attached hydrogen (secondary N) is 2. The second-order valence-corrected chi connectivity index (χ2v) is 6.68. The molecule has 100 valence electrons. The zero-order valence-electron chi connectivity index (χ0n) is 10.7. The van der Waals surface area contributed by atoms with Crippen LogP contribution in [0.1, 0.15) is 31.7 Å². The molecule has 0 radical (unpaired) electrons. The van der Waals surface area contributed by atoms with Crippen LogP contribution in [0.2, 0.25) is 0 Å². The molecule has 0 atom stereocenters. The van der Waals surface area contributed by atoms with Crippen LogP contribution in [-0.4, -0.2) is 26.0 Å². The molecule has 2 N–H and O–H groups in total. The fourth-order valence-electron chi connectivity index (χ4n) is 2.06. The van der Waals surface area contributed by atoms with E-state index in [1.54, 1.807) is 18.3 Å². The van der Waals surface area contributed by atoms with Gasteiger partial charge in [-0.1, -0.05) is 6.07 Å². The zero-order valence-corrected chi connectivity index (χ0v) is 11.5. The van der Waals surface area contributed by atoms with E-state index in [9.17, 15) is 8.42 Å². The third-order valence-corrected chi connectivity index (χ3v) is 4.85. The van der Waals surface area contributed by atoms with E-state index in [1.807, 2.05) is 14.0 Å². The fourth-order valence-corrected chi connectivity index (χ4v) is 3.46. The number of hydrogen-bond donors (Lipinski definition) is 2. The minimum absolute atomic E-state index is 0.0930. The van der Waals surface area contributed by atoms with Crippen molar-refractivity contribution in [3.8, 4) is 0 Å². The predicted molar refractivity (Wildman–Crippen MR) is 69.6 cm³/mol. The van der Waals surface area contributed by atoms with Crippen molar-refractivity contribution < 1.29 is 8.42 Å². The SMILES string of the molecule is CNCc1ccc(S(=O)(=O)NC2(C)CCC2)nc1. The maximum absolute atomic E-state index is 12.1. The first-order valence-electron chi connectivity index (χ1n) is 6.09. The van der Waals surface area contributed by atoms with Crippen molar-refractivity contribution in [2.24, 2.45) is 0 Å². The van der Waals surface area contributed by atoms with Crippen LogP contribution >= 0.6 is 0 Å². The van der Waals surface area contributed by atoms with E-state index in [0.717, 1.165) is 24.8 Å². The number of pyridine rings is 1. The molecule has 6 heteroatoms. The summed E-state index contributed by atoms with van der Waals surface area (Å²) in [5.74, 6) is 0. The number of sulfonamides is 1. The third-order valence-electron chi connectivity index (χ3n) is 3.29. The van der Waals surface area contributed by atoms with Crippen LogP contribution in [-0.2, 0) is 16.6 Å². The maximum Gasteiger partial charge on any atom is 0.258 e. The van der Waals surface area contributed by atoms with Crippen molar-refractivity contribution in [1.82, 2.24) is 15.0 Å². The van der Waals surface area contributed by atoms with Gasteiger partial charge in [0.1, 0.15) is 0 Å². The Balaban J connectivity index is 2.14. The van der Waals surface area contributed by atoms with Crippen molar-refractivity contribution in [1.29, 1.82) is 0 Å². The molecule has 0 amide bonds. The lowest BCUT2D eigenvalue weighted by Crippen LogP contribution is -2.50. The van der Waals surface area contributed by atoms with Crippen LogP contribution in [0.15, 0.2) is 23.4 Å². The Labute approximate surface area is 108 Å². The van der Waals surface area contributed by atoms with Crippen molar-refractivity contribution in [2.75, 3.05) is 7.05 Å². The number of nitrogens with zero attached hydrogens (tertiary/aromatic N) is 1. The highest BCUT2D eigenvalue weighted by atomic mass is 32.2. The lowest BCUT2D eigenvalue weighted by Gasteiger charge is -2.38. The van der Waals surface area contributed by atoms with Crippen LogP contribution in [0.3, 0.4) is 0 Å². The van der Waals surface area contributed by atoms with Crippen LogP contribution in [0.25, 0.3) is 0 Å².